The number of rotatable bonds is 2. The first-order valence-electron chi connectivity index (χ1n) is 6.48. The van der Waals surface area contributed by atoms with E-state index in [-0.39, 0.29) is 12.0 Å². The second kappa shape index (κ2) is 4.88. The molecule has 4 heteroatoms. The SMILES string of the molecule is COC(=O)C1CCCN1c1ccc2ccncc2c1. The Hall–Kier alpha value is -2.10. The van der Waals surface area contributed by atoms with E-state index in [0.29, 0.717) is 0 Å². The van der Waals surface area contributed by atoms with Crippen molar-refractivity contribution in [1.82, 2.24) is 4.98 Å². The summed E-state index contributed by atoms with van der Waals surface area (Å²) < 4.78 is 4.88. The number of aromatic nitrogens is 1. The molecular formula is C15H16N2O2. The van der Waals surface area contributed by atoms with Crippen LogP contribution in [0.25, 0.3) is 10.8 Å². The van der Waals surface area contributed by atoms with Gasteiger partial charge in [-0.15, -0.1) is 0 Å². The van der Waals surface area contributed by atoms with Crippen LogP contribution in [0.15, 0.2) is 36.7 Å². The number of hydrogen-bond acceptors (Lipinski definition) is 4. The summed E-state index contributed by atoms with van der Waals surface area (Å²) in [6.07, 6.45) is 5.51. The minimum Gasteiger partial charge on any atom is -0.467 e. The normalized spacial score (nSPS) is 18.8. The third kappa shape index (κ3) is 2.14. The van der Waals surface area contributed by atoms with Crippen LogP contribution in [-0.2, 0) is 9.53 Å². The molecule has 1 atom stereocenters. The molecule has 2 aromatic rings. The fraction of sp³-hybridized carbons (Fsp3) is 0.333. The summed E-state index contributed by atoms with van der Waals surface area (Å²) in [6, 6.07) is 8.05. The van der Waals surface area contributed by atoms with Gasteiger partial charge >= 0.3 is 5.97 Å². The molecule has 0 N–H and O–H groups in total. The zero-order valence-corrected chi connectivity index (χ0v) is 10.9. The number of ether oxygens (including phenoxy) is 1. The number of anilines is 1. The van der Waals surface area contributed by atoms with Gasteiger partial charge in [0.1, 0.15) is 6.04 Å². The highest BCUT2D eigenvalue weighted by Gasteiger charge is 2.31. The number of carbonyl (C=O) groups is 1. The van der Waals surface area contributed by atoms with Crippen LogP contribution in [0.2, 0.25) is 0 Å². The molecule has 0 radical (unpaired) electrons. The first-order valence-corrected chi connectivity index (χ1v) is 6.48. The molecule has 2 heterocycles. The van der Waals surface area contributed by atoms with Gasteiger partial charge < -0.3 is 9.64 Å². The zero-order chi connectivity index (χ0) is 13.2. The number of benzene rings is 1. The van der Waals surface area contributed by atoms with Crippen molar-refractivity contribution in [2.75, 3.05) is 18.6 Å². The topological polar surface area (TPSA) is 42.4 Å². The van der Waals surface area contributed by atoms with Crippen molar-refractivity contribution in [2.24, 2.45) is 0 Å². The first kappa shape index (κ1) is 12.0. The average molecular weight is 256 g/mol. The lowest BCUT2D eigenvalue weighted by atomic mass is 10.1. The highest BCUT2D eigenvalue weighted by atomic mass is 16.5. The number of fused-ring (bicyclic) bond motifs is 1. The largest absolute Gasteiger partial charge is 0.467 e. The van der Waals surface area contributed by atoms with Crippen LogP contribution < -0.4 is 4.90 Å². The van der Waals surface area contributed by atoms with Crippen molar-refractivity contribution < 1.29 is 9.53 Å². The Morgan fingerprint density at radius 3 is 3.11 bits per heavy atom. The fourth-order valence-electron chi connectivity index (χ4n) is 2.71. The predicted octanol–water partition coefficient (Wildman–Crippen LogP) is 2.38. The quantitative estimate of drug-likeness (QED) is 0.774. The molecular weight excluding hydrogens is 240 g/mol. The number of nitrogens with zero attached hydrogens (tertiary/aromatic N) is 2. The van der Waals surface area contributed by atoms with Gasteiger partial charge in [-0.1, -0.05) is 6.07 Å². The Kier molecular flexibility index (Phi) is 3.07. The van der Waals surface area contributed by atoms with Crippen LogP contribution in [0.3, 0.4) is 0 Å². The predicted molar refractivity (Wildman–Crippen MR) is 74.1 cm³/mol. The molecule has 0 amide bonds. The van der Waals surface area contributed by atoms with Crippen molar-refractivity contribution in [3.63, 3.8) is 0 Å². The number of pyridine rings is 1. The van der Waals surface area contributed by atoms with Crippen molar-refractivity contribution >= 4 is 22.4 Å². The lowest BCUT2D eigenvalue weighted by Crippen LogP contribution is -2.36. The molecule has 0 spiro atoms. The van der Waals surface area contributed by atoms with Gasteiger partial charge in [-0.2, -0.15) is 0 Å². The second-order valence-electron chi connectivity index (χ2n) is 4.78. The Bertz CT molecular complexity index is 612. The summed E-state index contributed by atoms with van der Waals surface area (Å²) in [6.45, 7) is 0.894. The molecule has 0 bridgehead atoms. The maximum Gasteiger partial charge on any atom is 0.328 e. The van der Waals surface area contributed by atoms with Crippen molar-refractivity contribution in [2.45, 2.75) is 18.9 Å². The molecule has 98 valence electrons. The standard InChI is InChI=1S/C15H16N2O2/c1-19-15(18)14-3-2-8-17(14)13-5-4-11-6-7-16-10-12(11)9-13/h4-7,9-10,14H,2-3,8H2,1H3. The van der Waals surface area contributed by atoms with E-state index in [1.165, 1.54) is 7.11 Å². The number of hydrogen-bond donors (Lipinski definition) is 0. The molecule has 0 aliphatic carbocycles. The Labute approximate surface area is 112 Å². The number of methoxy groups -OCH3 is 1. The van der Waals surface area contributed by atoms with Crippen LogP contribution in [0, 0.1) is 0 Å². The fourth-order valence-corrected chi connectivity index (χ4v) is 2.71. The number of carbonyl (C=O) groups excluding carboxylic acids is 1. The minimum atomic E-state index is -0.154. The van der Waals surface area contributed by atoms with Crippen LogP contribution in [0.1, 0.15) is 12.8 Å². The van der Waals surface area contributed by atoms with Gasteiger partial charge in [-0.05, 0) is 36.4 Å². The monoisotopic (exact) mass is 256 g/mol. The van der Waals surface area contributed by atoms with Crippen molar-refractivity contribution in [3.8, 4) is 0 Å². The van der Waals surface area contributed by atoms with E-state index in [2.05, 4.69) is 28.1 Å². The summed E-state index contributed by atoms with van der Waals surface area (Å²) in [5.41, 5.74) is 1.06. The number of esters is 1. The van der Waals surface area contributed by atoms with Gasteiger partial charge in [0.05, 0.1) is 7.11 Å². The molecule has 0 saturated carbocycles. The van der Waals surface area contributed by atoms with Crippen molar-refractivity contribution in [1.29, 1.82) is 0 Å². The van der Waals surface area contributed by atoms with Crippen LogP contribution in [0.4, 0.5) is 5.69 Å². The highest BCUT2D eigenvalue weighted by molar-refractivity contribution is 5.87. The summed E-state index contributed by atoms with van der Waals surface area (Å²) >= 11 is 0. The van der Waals surface area contributed by atoms with E-state index < -0.39 is 0 Å². The van der Waals surface area contributed by atoms with Crippen LogP contribution in [-0.4, -0.2) is 30.6 Å². The Balaban J connectivity index is 1.96. The summed E-state index contributed by atoms with van der Waals surface area (Å²) in [7, 11) is 1.45. The third-order valence-corrected chi connectivity index (χ3v) is 3.68. The molecule has 1 unspecified atom stereocenters. The van der Waals surface area contributed by atoms with E-state index in [1.807, 2.05) is 12.3 Å². The van der Waals surface area contributed by atoms with E-state index in [1.54, 1.807) is 6.20 Å². The van der Waals surface area contributed by atoms with E-state index >= 15 is 0 Å². The minimum absolute atomic E-state index is 0.149. The lowest BCUT2D eigenvalue weighted by Gasteiger charge is -2.25. The summed E-state index contributed by atoms with van der Waals surface area (Å²) in [5.74, 6) is -0.149. The highest BCUT2D eigenvalue weighted by Crippen LogP contribution is 2.28. The molecule has 1 saturated heterocycles. The summed E-state index contributed by atoms with van der Waals surface area (Å²) in [4.78, 5) is 18.0. The Morgan fingerprint density at radius 1 is 1.37 bits per heavy atom. The van der Waals surface area contributed by atoms with Gasteiger partial charge in [0.25, 0.3) is 0 Å². The molecule has 1 aliphatic heterocycles. The van der Waals surface area contributed by atoms with Crippen molar-refractivity contribution in [3.05, 3.63) is 36.7 Å². The van der Waals surface area contributed by atoms with E-state index in [4.69, 9.17) is 4.74 Å². The third-order valence-electron chi connectivity index (χ3n) is 3.68. The van der Waals surface area contributed by atoms with E-state index in [0.717, 1.165) is 35.8 Å². The maximum absolute atomic E-state index is 11.8. The first-order chi connectivity index (χ1) is 9.29. The van der Waals surface area contributed by atoms with Gasteiger partial charge in [0.15, 0.2) is 0 Å². The zero-order valence-electron chi connectivity index (χ0n) is 10.9. The van der Waals surface area contributed by atoms with Gasteiger partial charge in [-0.3, -0.25) is 4.98 Å². The smallest absolute Gasteiger partial charge is 0.328 e. The molecule has 3 rings (SSSR count). The molecule has 4 nitrogen and oxygen atoms in total. The van der Waals surface area contributed by atoms with Gasteiger partial charge in [0, 0.05) is 30.0 Å². The molecule has 1 aliphatic rings. The maximum atomic E-state index is 11.8. The second-order valence-corrected chi connectivity index (χ2v) is 4.78. The summed E-state index contributed by atoms with van der Waals surface area (Å²) in [5, 5.41) is 2.25. The van der Waals surface area contributed by atoms with Crippen LogP contribution >= 0.6 is 0 Å². The van der Waals surface area contributed by atoms with Crippen LogP contribution in [0.5, 0.6) is 0 Å². The molecule has 1 aromatic heterocycles. The van der Waals surface area contributed by atoms with Gasteiger partial charge in [-0.25, -0.2) is 4.79 Å². The molecule has 19 heavy (non-hydrogen) atoms. The van der Waals surface area contributed by atoms with Gasteiger partial charge in [0.2, 0.25) is 0 Å². The Morgan fingerprint density at radius 2 is 2.26 bits per heavy atom. The molecule has 1 fully saturated rings. The molecule has 1 aromatic carbocycles. The average Bonchev–Trinajstić information content (AvgIpc) is 2.95. The lowest BCUT2D eigenvalue weighted by molar-refractivity contribution is -0.141. The van der Waals surface area contributed by atoms with E-state index in [9.17, 15) is 4.79 Å².